The van der Waals surface area contributed by atoms with Crippen LogP contribution in [0.25, 0.3) is 0 Å². The normalized spacial score (nSPS) is 10.8. The first-order valence-corrected chi connectivity index (χ1v) is 5.77. The number of rotatable bonds is 4. The van der Waals surface area contributed by atoms with E-state index in [2.05, 4.69) is 22.3 Å². The molecule has 0 saturated carbocycles. The van der Waals surface area contributed by atoms with E-state index < -0.39 is 0 Å². The second kappa shape index (κ2) is 5.10. The smallest absolute Gasteiger partial charge is 0.0544 e. The second-order valence-corrected chi connectivity index (χ2v) is 4.25. The molecule has 0 amide bonds. The number of hydrogen-bond donors (Lipinski definition) is 1. The zero-order valence-corrected chi connectivity index (χ0v) is 10.6. The molecule has 17 heavy (non-hydrogen) atoms. The first-order chi connectivity index (χ1) is 8.16. The van der Waals surface area contributed by atoms with Gasteiger partial charge in [-0.25, -0.2) is 0 Å². The van der Waals surface area contributed by atoms with E-state index in [1.54, 1.807) is 0 Å². The highest BCUT2D eigenvalue weighted by atomic mass is 15.3. The lowest BCUT2D eigenvalue weighted by molar-refractivity contribution is 0.671. The van der Waals surface area contributed by atoms with E-state index in [9.17, 15) is 0 Å². The van der Waals surface area contributed by atoms with Gasteiger partial charge in [-0.1, -0.05) is 6.07 Å². The molecular formula is C13H18N4. The van der Waals surface area contributed by atoms with Crippen molar-refractivity contribution in [3.8, 4) is 0 Å². The Hall–Kier alpha value is -1.68. The summed E-state index contributed by atoms with van der Waals surface area (Å²) in [6.45, 7) is 5.70. The van der Waals surface area contributed by atoms with Crippen LogP contribution in [0.2, 0.25) is 0 Å². The van der Waals surface area contributed by atoms with Crippen molar-refractivity contribution in [1.29, 1.82) is 0 Å². The molecule has 90 valence electrons. The van der Waals surface area contributed by atoms with Gasteiger partial charge in [0.1, 0.15) is 0 Å². The van der Waals surface area contributed by atoms with Crippen LogP contribution < -0.4 is 5.32 Å². The minimum atomic E-state index is 0.788. The lowest BCUT2D eigenvalue weighted by Gasteiger charge is -2.04. The molecule has 0 aliphatic carbocycles. The maximum absolute atomic E-state index is 4.45. The fraction of sp³-hybridized carbons (Fsp3) is 0.385. The van der Waals surface area contributed by atoms with Gasteiger partial charge in [-0.15, -0.1) is 0 Å². The van der Waals surface area contributed by atoms with Crippen molar-refractivity contribution in [2.45, 2.75) is 26.9 Å². The van der Waals surface area contributed by atoms with E-state index in [1.165, 1.54) is 11.3 Å². The molecule has 2 aromatic rings. The third kappa shape index (κ3) is 2.91. The number of aromatic nitrogens is 3. The van der Waals surface area contributed by atoms with Gasteiger partial charge in [0.2, 0.25) is 0 Å². The lowest BCUT2D eigenvalue weighted by Crippen LogP contribution is -2.14. The Morgan fingerprint density at radius 2 is 2.06 bits per heavy atom. The van der Waals surface area contributed by atoms with Crippen molar-refractivity contribution in [3.63, 3.8) is 0 Å². The minimum absolute atomic E-state index is 0.788. The minimum Gasteiger partial charge on any atom is -0.307 e. The largest absolute Gasteiger partial charge is 0.307 e. The molecule has 4 nitrogen and oxygen atoms in total. The van der Waals surface area contributed by atoms with Crippen LogP contribution in [0, 0.1) is 13.8 Å². The van der Waals surface area contributed by atoms with Crippen LogP contribution in [-0.4, -0.2) is 14.8 Å². The van der Waals surface area contributed by atoms with Crippen molar-refractivity contribution in [3.05, 3.63) is 47.0 Å². The topological polar surface area (TPSA) is 42.7 Å². The Morgan fingerprint density at radius 3 is 2.71 bits per heavy atom. The van der Waals surface area contributed by atoms with Crippen molar-refractivity contribution < 1.29 is 0 Å². The highest BCUT2D eigenvalue weighted by Gasteiger charge is 2.02. The number of nitrogens with one attached hydrogen (secondary N) is 1. The molecule has 0 spiro atoms. The van der Waals surface area contributed by atoms with E-state index in [4.69, 9.17) is 0 Å². The lowest BCUT2D eigenvalue weighted by atomic mass is 10.2. The summed E-state index contributed by atoms with van der Waals surface area (Å²) in [6, 6.07) is 6.08. The molecule has 2 rings (SSSR count). The summed E-state index contributed by atoms with van der Waals surface area (Å²) in [4.78, 5) is 4.45. The van der Waals surface area contributed by atoms with E-state index in [1.807, 2.05) is 43.0 Å². The van der Waals surface area contributed by atoms with Crippen LogP contribution in [-0.2, 0) is 20.1 Å². The average molecular weight is 230 g/mol. The summed E-state index contributed by atoms with van der Waals surface area (Å²) in [7, 11) is 1.96. The molecule has 4 heteroatoms. The molecule has 0 bridgehead atoms. The van der Waals surface area contributed by atoms with Crippen LogP contribution in [0.15, 0.2) is 24.4 Å². The maximum Gasteiger partial charge on any atom is 0.0544 e. The molecule has 0 radical (unpaired) electrons. The van der Waals surface area contributed by atoms with Crippen LogP contribution in [0.4, 0.5) is 0 Å². The first kappa shape index (κ1) is 11.8. The fourth-order valence-corrected chi connectivity index (χ4v) is 1.74. The van der Waals surface area contributed by atoms with Gasteiger partial charge in [0, 0.05) is 37.1 Å². The molecule has 0 aromatic carbocycles. The van der Waals surface area contributed by atoms with Gasteiger partial charge in [-0.3, -0.25) is 9.67 Å². The molecule has 2 heterocycles. The molecule has 0 fully saturated rings. The number of aryl methyl sites for hydroxylation is 2. The quantitative estimate of drug-likeness (QED) is 0.869. The van der Waals surface area contributed by atoms with Crippen LogP contribution in [0.5, 0.6) is 0 Å². The Balaban J connectivity index is 1.90. The predicted octanol–water partition coefficient (Wildman–Crippen LogP) is 1.72. The zero-order chi connectivity index (χ0) is 12.3. The third-order valence-electron chi connectivity index (χ3n) is 2.90. The van der Waals surface area contributed by atoms with Crippen molar-refractivity contribution in [1.82, 2.24) is 20.1 Å². The van der Waals surface area contributed by atoms with Gasteiger partial charge >= 0.3 is 0 Å². The summed E-state index contributed by atoms with van der Waals surface area (Å²) < 4.78 is 1.89. The van der Waals surface area contributed by atoms with Crippen molar-refractivity contribution in [2.75, 3.05) is 0 Å². The first-order valence-electron chi connectivity index (χ1n) is 5.77. The SMILES string of the molecule is Cc1cccc(CNCc2cnn(C)c2C)n1. The molecule has 0 aliphatic rings. The Labute approximate surface area is 102 Å². The molecule has 0 atom stereocenters. The van der Waals surface area contributed by atoms with E-state index in [0.29, 0.717) is 0 Å². The van der Waals surface area contributed by atoms with Gasteiger partial charge < -0.3 is 5.32 Å². The third-order valence-corrected chi connectivity index (χ3v) is 2.90. The highest BCUT2D eigenvalue weighted by Crippen LogP contribution is 2.05. The highest BCUT2D eigenvalue weighted by molar-refractivity contribution is 5.16. The predicted molar refractivity (Wildman–Crippen MR) is 67.5 cm³/mol. The van der Waals surface area contributed by atoms with Gasteiger partial charge in [0.05, 0.1) is 11.9 Å². The zero-order valence-electron chi connectivity index (χ0n) is 10.6. The summed E-state index contributed by atoms with van der Waals surface area (Å²) in [5, 5.41) is 7.60. The molecule has 2 aromatic heterocycles. The molecule has 0 aliphatic heterocycles. The summed E-state index contributed by atoms with van der Waals surface area (Å²) in [6.07, 6.45) is 1.91. The Bertz CT molecular complexity index is 502. The van der Waals surface area contributed by atoms with E-state index >= 15 is 0 Å². The van der Waals surface area contributed by atoms with Crippen LogP contribution in [0.1, 0.15) is 22.6 Å². The van der Waals surface area contributed by atoms with Gasteiger partial charge in [-0.05, 0) is 26.0 Å². The molecule has 0 unspecified atom stereocenters. The van der Waals surface area contributed by atoms with Gasteiger partial charge in [-0.2, -0.15) is 5.10 Å². The number of nitrogens with zero attached hydrogens (tertiary/aromatic N) is 3. The molecule has 0 saturated heterocycles. The maximum atomic E-state index is 4.45. The second-order valence-electron chi connectivity index (χ2n) is 4.25. The molecule has 1 N–H and O–H groups in total. The van der Waals surface area contributed by atoms with Crippen molar-refractivity contribution >= 4 is 0 Å². The average Bonchev–Trinajstić information content (AvgIpc) is 2.61. The van der Waals surface area contributed by atoms with Gasteiger partial charge in [0.15, 0.2) is 0 Å². The number of hydrogen-bond acceptors (Lipinski definition) is 3. The number of pyridine rings is 1. The molecular weight excluding hydrogens is 212 g/mol. The Morgan fingerprint density at radius 1 is 1.24 bits per heavy atom. The van der Waals surface area contributed by atoms with Crippen molar-refractivity contribution in [2.24, 2.45) is 7.05 Å². The van der Waals surface area contributed by atoms with E-state index in [0.717, 1.165) is 24.5 Å². The fourth-order valence-electron chi connectivity index (χ4n) is 1.74. The monoisotopic (exact) mass is 230 g/mol. The van der Waals surface area contributed by atoms with Crippen LogP contribution >= 0.6 is 0 Å². The standard InChI is InChI=1S/C13H18N4/c1-10-5-4-6-13(16-10)9-14-7-12-8-15-17(3)11(12)2/h4-6,8,14H,7,9H2,1-3H3. The summed E-state index contributed by atoms with van der Waals surface area (Å²) in [5.74, 6) is 0. The summed E-state index contributed by atoms with van der Waals surface area (Å²) >= 11 is 0. The van der Waals surface area contributed by atoms with Gasteiger partial charge in [0.25, 0.3) is 0 Å². The van der Waals surface area contributed by atoms with E-state index in [-0.39, 0.29) is 0 Å². The summed E-state index contributed by atoms with van der Waals surface area (Å²) in [5.41, 5.74) is 4.57. The van der Waals surface area contributed by atoms with Crippen LogP contribution in [0.3, 0.4) is 0 Å². The Kier molecular flexibility index (Phi) is 3.54.